The van der Waals surface area contributed by atoms with Gasteiger partial charge in [0.25, 0.3) is 0 Å². The zero-order valence-electron chi connectivity index (χ0n) is 15.4. The van der Waals surface area contributed by atoms with E-state index in [1.165, 1.54) is 0 Å². The van der Waals surface area contributed by atoms with Gasteiger partial charge >= 0.3 is 17.9 Å². The van der Waals surface area contributed by atoms with Crippen molar-refractivity contribution < 1.29 is 34.4 Å². The van der Waals surface area contributed by atoms with E-state index in [1.54, 1.807) is 24.3 Å². The Labute approximate surface area is 159 Å². The molecule has 0 aliphatic heterocycles. The molecule has 3 N–H and O–H groups in total. The summed E-state index contributed by atoms with van der Waals surface area (Å²) in [5.41, 5.74) is 0. The van der Waals surface area contributed by atoms with E-state index in [1.807, 2.05) is 6.07 Å². The summed E-state index contributed by atoms with van der Waals surface area (Å²) in [5.74, 6) is -3.05. The highest BCUT2D eigenvalue weighted by Crippen LogP contribution is 2.24. The van der Waals surface area contributed by atoms with Gasteiger partial charge in [-0.05, 0) is 31.4 Å². The van der Waals surface area contributed by atoms with E-state index in [0.29, 0.717) is 25.0 Å². The van der Waals surface area contributed by atoms with Crippen LogP contribution in [0.1, 0.15) is 57.8 Å². The molecule has 2 atom stereocenters. The minimum Gasteiger partial charge on any atom is -0.490 e. The fourth-order valence-electron chi connectivity index (χ4n) is 2.92. The first kappa shape index (κ1) is 22.5. The van der Waals surface area contributed by atoms with Crippen molar-refractivity contribution in [1.82, 2.24) is 0 Å². The van der Waals surface area contributed by atoms with Gasteiger partial charge < -0.3 is 20.1 Å². The van der Waals surface area contributed by atoms with E-state index in [2.05, 4.69) is 0 Å². The van der Waals surface area contributed by atoms with E-state index in [0.717, 1.165) is 19.3 Å². The van der Waals surface area contributed by atoms with Crippen LogP contribution < -0.4 is 4.74 Å². The number of carbonyl (C=O) groups is 3. The lowest BCUT2D eigenvalue weighted by Gasteiger charge is -2.25. The second-order valence-corrected chi connectivity index (χ2v) is 6.55. The molecule has 0 saturated carbocycles. The summed E-state index contributed by atoms with van der Waals surface area (Å²) in [4.78, 5) is 33.1. The molecule has 0 aliphatic carbocycles. The third-order valence-electron chi connectivity index (χ3n) is 4.35. The Morgan fingerprint density at radius 2 is 1.37 bits per heavy atom. The smallest absolute Gasteiger partial charge is 0.310 e. The van der Waals surface area contributed by atoms with E-state index in [-0.39, 0.29) is 19.3 Å². The molecular weight excluding hydrogens is 352 g/mol. The molecule has 0 heterocycles. The lowest BCUT2D eigenvalue weighted by Crippen LogP contribution is -2.33. The van der Waals surface area contributed by atoms with Crippen molar-refractivity contribution in [2.75, 3.05) is 0 Å². The molecule has 150 valence electrons. The molecule has 0 saturated heterocycles. The minimum absolute atomic E-state index is 0.125. The molecule has 0 amide bonds. The molecule has 1 aromatic rings. The molecule has 7 heteroatoms. The fraction of sp³-hybridized carbons (Fsp3) is 0.550. The highest BCUT2D eigenvalue weighted by atomic mass is 16.5. The van der Waals surface area contributed by atoms with E-state index >= 15 is 0 Å². The summed E-state index contributed by atoms with van der Waals surface area (Å²) < 4.78 is 5.80. The number of benzene rings is 1. The van der Waals surface area contributed by atoms with Gasteiger partial charge in [-0.1, -0.05) is 43.9 Å². The quantitative estimate of drug-likeness (QED) is 0.395. The highest BCUT2D eigenvalue weighted by Gasteiger charge is 2.30. The van der Waals surface area contributed by atoms with E-state index in [9.17, 15) is 19.5 Å². The maximum Gasteiger partial charge on any atom is 0.310 e. The maximum atomic E-state index is 11.7. The number of hydrogen-bond acceptors (Lipinski definition) is 4. The van der Waals surface area contributed by atoms with Crippen LogP contribution in [0.5, 0.6) is 5.75 Å². The molecular formula is C20H28O7. The zero-order valence-corrected chi connectivity index (χ0v) is 15.4. The second-order valence-electron chi connectivity index (χ2n) is 6.55. The number of hydrogen-bond donors (Lipinski definition) is 3. The van der Waals surface area contributed by atoms with Crippen LogP contribution >= 0.6 is 0 Å². The number of carboxylic acids is 3. The van der Waals surface area contributed by atoms with Crippen molar-refractivity contribution in [2.24, 2.45) is 5.92 Å². The Kier molecular flexibility index (Phi) is 10.6. The topological polar surface area (TPSA) is 121 Å². The first-order valence-electron chi connectivity index (χ1n) is 9.28. The van der Waals surface area contributed by atoms with Crippen LogP contribution in [0, 0.1) is 5.92 Å². The molecule has 1 rings (SSSR count). The summed E-state index contributed by atoms with van der Waals surface area (Å²) in [6.45, 7) is 0. The maximum absolute atomic E-state index is 11.7. The van der Waals surface area contributed by atoms with Gasteiger partial charge in [0.15, 0.2) is 0 Å². The molecule has 1 aromatic carbocycles. The lowest BCUT2D eigenvalue weighted by molar-refractivity contribution is -0.147. The van der Waals surface area contributed by atoms with Crippen LogP contribution in [-0.2, 0) is 14.4 Å². The van der Waals surface area contributed by atoms with Crippen molar-refractivity contribution in [3.05, 3.63) is 30.3 Å². The zero-order chi connectivity index (χ0) is 20.1. The SMILES string of the molecule is O=C(O)CCCCCCCC(C(=O)O)C(CCC(=O)O)Oc1ccccc1. The average molecular weight is 380 g/mol. The van der Waals surface area contributed by atoms with Crippen molar-refractivity contribution in [3.63, 3.8) is 0 Å². The van der Waals surface area contributed by atoms with Crippen LogP contribution in [0.25, 0.3) is 0 Å². The molecule has 0 radical (unpaired) electrons. The molecule has 27 heavy (non-hydrogen) atoms. The number of rotatable bonds is 15. The molecule has 0 bridgehead atoms. The van der Waals surface area contributed by atoms with Gasteiger partial charge in [-0.2, -0.15) is 0 Å². The van der Waals surface area contributed by atoms with Crippen LogP contribution in [0.4, 0.5) is 0 Å². The Morgan fingerprint density at radius 1 is 0.778 bits per heavy atom. The van der Waals surface area contributed by atoms with Gasteiger partial charge in [0.05, 0.1) is 5.92 Å². The molecule has 2 unspecified atom stereocenters. The van der Waals surface area contributed by atoms with Crippen molar-refractivity contribution in [1.29, 1.82) is 0 Å². The van der Waals surface area contributed by atoms with Crippen molar-refractivity contribution >= 4 is 17.9 Å². The Hall–Kier alpha value is -2.57. The molecule has 7 nitrogen and oxygen atoms in total. The first-order valence-corrected chi connectivity index (χ1v) is 9.28. The van der Waals surface area contributed by atoms with Gasteiger partial charge in [0, 0.05) is 12.8 Å². The largest absolute Gasteiger partial charge is 0.490 e. The summed E-state index contributed by atoms with van der Waals surface area (Å²) in [6.07, 6.45) is 3.54. The number of ether oxygens (including phenoxy) is 1. The van der Waals surface area contributed by atoms with E-state index < -0.39 is 29.9 Å². The fourth-order valence-corrected chi connectivity index (χ4v) is 2.92. The third kappa shape index (κ3) is 10.2. The molecule has 0 aromatic heterocycles. The minimum atomic E-state index is -0.993. The predicted octanol–water partition coefficient (Wildman–Crippen LogP) is 3.81. The normalized spacial score (nSPS) is 12.9. The third-order valence-corrected chi connectivity index (χ3v) is 4.35. The molecule has 0 fully saturated rings. The Bertz CT molecular complexity index is 585. The summed E-state index contributed by atoms with van der Waals surface area (Å²) in [6, 6.07) is 8.80. The van der Waals surface area contributed by atoms with Gasteiger partial charge in [0.1, 0.15) is 11.9 Å². The predicted molar refractivity (Wildman–Crippen MR) is 98.8 cm³/mol. The summed E-state index contributed by atoms with van der Waals surface area (Å²) in [5, 5.41) is 27.1. The molecule has 0 aliphatic rings. The first-order chi connectivity index (χ1) is 12.9. The van der Waals surface area contributed by atoms with Crippen LogP contribution in [0.2, 0.25) is 0 Å². The number of unbranched alkanes of at least 4 members (excludes halogenated alkanes) is 4. The summed E-state index contributed by atoms with van der Waals surface area (Å²) in [7, 11) is 0. The Morgan fingerprint density at radius 3 is 1.96 bits per heavy atom. The van der Waals surface area contributed by atoms with Gasteiger partial charge in [0.2, 0.25) is 0 Å². The monoisotopic (exact) mass is 380 g/mol. The van der Waals surface area contributed by atoms with Gasteiger partial charge in [-0.25, -0.2) is 0 Å². The second kappa shape index (κ2) is 12.7. The van der Waals surface area contributed by atoms with Gasteiger partial charge in [-0.15, -0.1) is 0 Å². The number of carboxylic acid groups (broad SMARTS) is 3. The van der Waals surface area contributed by atoms with Crippen LogP contribution in [-0.4, -0.2) is 39.3 Å². The Balaban J connectivity index is 2.56. The van der Waals surface area contributed by atoms with Crippen LogP contribution in [0.3, 0.4) is 0 Å². The van der Waals surface area contributed by atoms with E-state index in [4.69, 9.17) is 14.9 Å². The molecule has 0 spiro atoms. The lowest BCUT2D eigenvalue weighted by atomic mass is 9.92. The number of para-hydroxylation sites is 1. The standard InChI is InChI=1S/C20H28O7/c21-18(22)12-8-3-1-2-7-11-16(20(25)26)17(13-14-19(23)24)27-15-9-5-4-6-10-15/h4-6,9-10,16-17H,1-3,7-8,11-14H2,(H,21,22)(H,23,24)(H,25,26). The average Bonchev–Trinajstić information content (AvgIpc) is 2.61. The van der Waals surface area contributed by atoms with Crippen molar-refractivity contribution in [2.45, 2.75) is 63.9 Å². The summed E-state index contributed by atoms with van der Waals surface area (Å²) >= 11 is 0. The van der Waals surface area contributed by atoms with Gasteiger partial charge in [-0.3, -0.25) is 14.4 Å². The number of aliphatic carboxylic acids is 3. The highest BCUT2D eigenvalue weighted by molar-refractivity contribution is 5.71. The van der Waals surface area contributed by atoms with Crippen LogP contribution in [0.15, 0.2) is 30.3 Å². The van der Waals surface area contributed by atoms with Crippen molar-refractivity contribution in [3.8, 4) is 5.75 Å².